The average Bonchev–Trinajstić information content (AvgIpc) is 2.14. The van der Waals surface area contributed by atoms with Crippen molar-refractivity contribution in [3.05, 3.63) is 12.7 Å². The summed E-state index contributed by atoms with van der Waals surface area (Å²) in [6.45, 7) is 6.23. The summed E-state index contributed by atoms with van der Waals surface area (Å²) in [5.74, 6) is -0.547. The summed E-state index contributed by atoms with van der Waals surface area (Å²) in [4.78, 5) is 21.9. The molecule has 0 radical (unpaired) electrons. The van der Waals surface area contributed by atoms with Crippen LogP contribution in [0.2, 0.25) is 0 Å². The van der Waals surface area contributed by atoms with Gasteiger partial charge in [0, 0.05) is 0 Å². The molecule has 14 heavy (non-hydrogen) atoms. The maximum absolute atomic E-state index is 11.0. The molecule has 0 aromatic rings. The fourth-order valence-electron chi connectivity index (χ4n) is 0.733. The van der Waals surface area contributed by atoms with Crippen molar-refractivity contribution >= 4 is 11.9 Å². The van der Waals surface area contributed by atoms with Gasteiger partial charge in [-0.15, -0.1) is 0 Å². The van der Waals surface area contributed by atoms with Crippen molar-refractivity contribution in [3.8, 4) is 0 Å². The van der Waals surface area contributed by atoms with Crippen molar-refractivity contribution in [3.63, 3.8) is 0 Å². The summed E-state index contributed by atoms with van der Waals surface area (Å²) in [7, 11) is 0. The van der Waals surface area contributed by atoms with E-state index in [1.165, 1.54) is 6.92 Å². The SMILES string of the molecule is C=CC(=O)C(C)(O)CNC(=O)OCC. The number of ketones is 1. The van der Waals surface area contributed by atoms with Gasteiger partial charge in [0.15, 0.2) is 5.78 Å². The van der Waals surface area contributed by atoms with Crippen LogP contribution in [-0.4, -0.2) is 35.7 Å². The molecule has 1 atom stereocenters. The molecule has 0 aliphatic carbocycles. The van der Waals surface area contributed by atoms with Crippen molar-refractivity contribution in [2.75, 3.05) is 13.2 Å². The lowest BCUT2D eigenvalue weighted by molar-refractivity contribution is -0.129. The van der Waals surface area contributed by atoms with Gasteiger partial charge in [0.1, 0.15) is 5.60 Å². The quantitative estimate of drug-likeness (QED) is 0.625. The number of hydrogen-bond acceptors (Lipinski definition) is 4. The predicted octanol–water partition coefficient (Wildman–Crippen LogP) is 0.239. The second-order valence-corrected chi connectivity index (χ2v) is 2.92. The summed E-state index contributed by atoms with van der Waals surface area (Å²) < 4.78 is 4.55. The van der Waals surface area contributed by atoms with Crippen LogP contribution in [0.1, 0.15) is 13.8 Å². The zero-order chi connectivity index (χ0) is 11.2. The Morgan fingerprint density at radius 3 is 2.64 bits per heavy atom. The predicted molar refractivity (Wildman–Crippen MR) is 50.9 cm³/mol. The molecule has 80 valence electrons. The van der Waals surface area contributed by atoms with Gasteiger partial charge < -0.3 is 15.2 Å². The Hall–Kier alpha value is -1.36. The maximum Gasteiger partial charge on any atom is 0.407 e. The Balaban J connectivity index is 4.05. The number of amides is 1. The van der Waals surface area contributed by atoms with E-state index in [0.717, 1.165) is 6.08 Å². The summed E-state index contributed by atoms with van der Waals surface area (Å²) in [5, 5.41) is 11.8. The molecule has 0 aliphatic heterocycles. The highest BCUT2D eigenvalue weighted by Crippen LogP contribution is 2.03. The number of carbonyl (C=O) groups excluding carboxylic acids is 2. The second kappa shape index (κ2) is 5.39. The molecule has 0 saturated heterocycles. The third-order valence-corrected chi connectivity index (χ3v) is 1.57. The maximum atomic E-state index is 11.0. The number of hydrogen-bond donors (Lipinski definition) is 2. The number of nitrogens with one attached hydrogen (secondary N) is 1. The molecule has 0 aromatic carbocycles. The lowest BCUT2D eigenvalue weighted by Gasteiger charge is -2.19. The van der Waals surface area contributed by atoms with Gasteiger partial charge >= 0.3 is 6.09 Å². The molecule has 0 heterocycles. The van der Waals surface area contributed by atoms with Gasteiger partial charge in [0.2, 0.25) is 0 Å². The van der Waals surface area contributed by atoms with Crippen LogP contribution >= 0.6 is 0 Å². The fraction of sp³-hybridized carbons (Fsp3) is 0.556. The lowest BCUT2D eigenvalue weighted by Crippen LogP contribution is -2.46. The third kappa shape index (κ3) is 4.04. The van der Waals surface area contributed by atoms with Crippen molar-refractivity contribution in [2.45, 2.75) is 19.4 Å². The summed E-state index contributed by atoms with van der Waals surface area (Å²) in [6.07, 6.45) is 0.344. The van der Waals surface area contributed by atoms with Crippen molar-refractivity contribution in [1.29, 1.82) is 0 Å². The number of alkyl carbamates (subject to hydrolysis) is 1. The zero-order valence-electron chi connectivity index (χ0n) is 8.37. The van der Waals surface area contributed by atoms with Crippen molar-refractivity contribution < 1.29 is 19.4 Å². The number of aliphatic hydroxyl groups is 1. The number of carbonyl (C=O) groups is 2. The standard InChI is InChI=1S/C9H15NO4/c1-4-7(11)9(3,13)6-10-8(12)14-5-2/h4,13H,1,5-6H2,2-3H3,(H,10,12). The minimum Gasteiger partial charge on any atom is -0.450 e. The molecule has 0 aromatic heterocycles. The molecule has 2 N–H and O–H groups in total. The Kier molecular flexibility index (Phi) is 4.86. The molecule has 1 unspecified atom stereocenters. The van der Waals surface area contributed by atoms with Crippen molar-refractivity contribution in [2.24, 2.45) is 0 Å². The Morgan fingerprint density at radius 1 is 1.64 bits per heavy atom. The van der Waals surface area contributed by atoms with E-state index in [4.69, 9.17) is 0 Å². The van der Waals surface area contributed by atoms with Gasteiger partial charge in [-0.3, -0.25) is 4.79 Å². The van der Waals surface area contributed by atoms with E-state index < -0.39 is 17.5 Å². The van der Waals surface area contributed by atoms with Gasteiger partial charge in [0.25, 0.3) is 0 Å². The van der Waals surface area contributed by atoms with E-state index in [9.17, 15) is 14.7 Å². The van der Waals surface area contributed by atoms with Crippen molar-refractivity contribution in [1.82, 2.24) is 5.32 Å². The van der Waals surface area contributed by atoms with Crippen LogP contribution in [0.5, 0.6) is 0 Å². The average molecular weight is 201 g/mol. The van der Waals surface area contributed by atoms with Gasteiger partial charge in [-0.2, -0.15) is 0 Å². The molecule has 0 fully saturated rings. The molecule has 0 spiro atoms. The van der Waals surface area contributed by atoms with Crippen LogP contribution in [0, 0.1) is 0 Å². The first-order chi connectivity index (χ1) is 6.44. The summed E-state index contributed by atoms with van der Waals surface area (Å²) >= 11 is 0. The molecule has 1 amide bonds. The molecular weight excluding hydrogens is 186 g/mol. The molecular formula is C9H15NO4. The third-order valence-electron chi connectivity index (χ3n) is 1.57. The fourth-order valence-corrected chi connectivity index (χ4v) is 0.733. The highest BCUT2D eigenvalue weighted by Gasteiger charge is 2.28. The van der Waals surface area contributed by atoms with Crippen LogP contribution < -0.4 is 5.32 Å². The van der Waals surface area contributed by atoms with E-state index in [1.807, 2.05) is 0 Å². The largest absolute Gasteiger partial charge is 0.450 e. The first-order valence-electron chi connectivity index (χ1n) is 4.24. The van der Waals surface area contributed by atoms with E-state index >= 15 is 0 Å². The van der Waals surface area contributed by atoms with Crippen LogP contribution in [0.4, 0.5) is 4.79 Å². The molecule has 0 saturated carbocycles. The molecule has 0 aliphatic rings. The molecule has 5 nitrogen and oxygen atoms in total. The molecule has 0 rings (SSSR count). The first kappa shape index (κ1) is 12.6. The lowest BCUT2D eigenvalue weighted by atomic mass is 10.0. The molecule has 0 bridgehead atoms. The van der Waals surface area contributed by atoms with Gasteiger partial charge in [-0.05, 0) is 19.9 Å². The zero-order valence-corrected chi connectivity index (χ0v) is 8.37. The van der Waals surface area contributed by atoms with Crippen LogP contribution in [0.15, 0.2) is 12.7 Å². The van der Waals surface area contributed by atoms with Crippen LogP contribution in [0.3, 0.4) is 0 Å². The minimum absolute atomic E-state index is 0.198. The van der Waals surface area contributed by atoms with E-state index in [-0.39, 0.29) is 13.2 Å². The Bertz CT molecular complexity index is 235. The highest BCUT2D eigenvalue weighted by molar-refractivity contribution is 5.96. The van der Waals surface area contributed by atoms with Crippen LogP contribution in [-0.2, 0) is 9.53 Å². The Morgan fingerprint density at radius 2 is 2.21 bits per heavy atom. The first-order valence-corrected chi connectivity index (χ1v) is 4.24. The van der Waals surface area contributed by atoms with Crippen LogP contribution in [0.25, 0.3) is 0 Å². The second-order valence-electron chi connectivity index (χ2n) is 2.92. The topological polar surface area (TPSA) is 75.6 Å². The Labute approximate surface area is 82.7 Å². The molecule has 5 heteroatoms. The number of ether oxygens (including phenoxy) is 1. The summed E-state index contributed by atoms with van der Waals surface area (Å²) in [6, 6.07) is 0. The monoisotopic (exact) mass is 201 g/mol. The summed E-state index contributed by atoms with van der Waals surface area (Å²) in [5.41, 5.74) is -1.63. The normalized spacial score (nSPS) is 13.9. The minimum atomic E-state index is -1.63. The van der Waals surface area contributed by atoms with E-state index in [2.05, 4.69) is 16.6 Å². The van der Waals surface area contributed by atoms with E-state index in [1.54, 1.807) is 6.92 Å². The smallest absolute Gasteiger partial charge is 0.407 e. The van der Waals surface area contributed by atoms with E-state index in [0.29, 0.717) is 0 Å². The van der Waals surface area contributed by atoms with Gasteiger partial charge in [-0.25, -0.2) is 4.79 Å². The highest BCUT2D eigenvalue weighted by atomic mass is 16.5. The van der Waals surface area contributed by atoms with Gasteiger partial charge in [-0.1, -0.05) is 6.58 Å². The number of rotatable bonds is 5. The van der Waals surface area contributed by atoms with Gasteiger partial charge in [0.05, 0.1) is 13.2 Å².